The summed E-state index contributed by atoms with van der Waals surface area (Å²) >= 11 is 0. The second kappa shape index (κ2) is 6.80. The molecule has 0 radical (unpaired) electrons. The summed E-state index contributed by atoms with van der Waals surface area (Å²) in [5.74, 6) is 2.53. The van der Waals surface area contributed by atoms with Gasteiger partial charge in [0.1, 0.15) is 17.6 Å². The molecule has 3 heteroatoms. The minimum atomic E-state index is 0.255. The third-order valence-electron chi connectivity index (χ3n) is 3.83. The molecule has 3 unspecified atom stereocenters. The summed E-state index contributed by atoms with van der Waals surface area (Å²) in [6, 6.07) is 8.40. The van der Waals surface area contributed by atoms with E-state index in [1.807, 2.05) is 38.2 Å². The van der Waals surface area contributed by atoms with E-state index in [1.165, 1.54) is 12.8 Å². The molecular formula is C16H25NO2. The van der Waals surface area contributed by atoms with Crippen LogP contribution in [0.15, 0.2) is 24.3 Å². The van der Waals surface area contributed by atoms with Crippen LogP contribution in [-0.4, -0.2) is 25.8 Å². The Bertz CT molecular complexity index is 394. The third kappa shape index (κ3) is 3.87. The molecule has 106 valence electrons. The lowest BCUT2D eigenvalue weighted by molar-refractivity contribution is 0.0941. The quantitative estimate of drug-likeness (QED) is 0.884. The maximum absolute atomic E-state index is 6.17. The number of hydrogen-bond acceptors (Lipinski definition) is 3. The van der Waals surface area contributed by atoms with Crippen LogP contribution in [0.4, 0.5) is 0 Å². The first kappa shape index (κ1) is 14.2. The fourth-order valence-electron chi connectivity index (χ4n) is 2.77. The molecule has 3 atom stereocenters. The average molecular weight is 263 g/mol. The molecule has 2 rings (SSSR count). The van der Waals surface area contributed by atoms with Crippen molar-refractivity contribution in [2.75, 3.05) is 13.7 Å². The fraction of sp³-hybridized carbons (Fsp3) is 0.625. The zero-order valence-electron chi connectivity index (χ0n) is 12.2. The maximum Gasteiger partial charge on any atom is 0.123 e. The Hall–Kier alpha value is -1.22. The van der Waals surface area contributed by atoms with Crippen LogP contribution in [0.25, 0.3) is 0 Å². The molecule has 1 aliphatic carbocycles. The van der Waals surface area contributed by atoms with Crippen molar-refractivity contribution in [3.05, 3.63) is 24.3 Å². The highest BCUT2D eigenvalue weighted by atomic mass is 16.5. The van der Waals surface area contributed by atoms with Crippen LogP contribution in [0.3, 0.4) is 0 Å². The summed E-state index contributed by atoms with van der Waals surface area (Å²) in [5.41, 5.74) is 0. The zero-order valence-corrected chi connectivity index (χ0v) is 12.2. The summed E-state index contributed by atoms with van der Waals surface area (Å²) < 4.78 is 11.7. The van der Waals surface area contributed by atoms with E-state index < -0.39 is 0 Å². The Kier molecular flexibility index (Phi) is 5.08. The van der Waals surface area contributed by atoms with Gasteiger partial charge in [-0.25, -0.2) is 0 Å². The number of likely N-dealkylation sites (N-methyl/N-ethyl adjacent to an activating group) is 1. The Balaban J connectivity index is 2.03. The lowest BCUT2D eigenvalue weighted by Crippen LogP contribution is -2.45. The van der Waals surface area contributed by atoms with Gasteiger partial charge in [-0.05, 0) is 51.3 Å². The van der Waals surface area contributed by atoms with E-state index in [9.17, 15) is 0 Å². The molecule has 1 aromatic carbocycles. The number of benzene rings is 1. The number of nitrogens with one attached hydrogen (secondary N) is 1. The average Bonchev–Trinajstić information content (AvgIpc) is 2.40. The van der Waals surface area contributed by atoms with Crippen LogP contribution in [0.5, 0.6) is 11.5 Å². The molecule has 0 saturated heterocycles. The van der Waals surface area contributed by atoms with Crippen molar-refractivity contribution in [1.29, 1.82) is 0 Å². The van der Waals surface area contributed by atoms with Gasteiger partial charge in [-0.2, -0.15) is 0 Å². The van der Waals surface area contributed by atoms with Gasteiger partial charge in [0.15, 0.2) is 0 Å². The monoisotopic (exact) mass is 263 g/mol. The molecule has 0 aromatic heterocycles. The minimum absolute atomic E-state index is 0.255. The predicted molar refractivity (Wildman–Crippen MR) is 77.9 cm³/mol. The van der Waals surface area contributed by atoms with Crippen molar-refractivity contribution >= 4 is 0 Å². The largest absolute Gasteiger partial charge is 0.494 e. The molecule has 0 amide bonds. The van der Waals surface area contributed by atoms with E-state index in [2.05, 4.69) is 12.2 Å². The van der Waals surface area contributed by atoms with Crippen LogP contribution >= 0.6 is 0 Å². The van der Waals surface area contributed by atoms with Gasteiger partial charge in [-0.1, -0.05) is 13.0 Å². The Morgan fingerprint density at radius 2 is 2.05 bits per heavy atom. The molecule has 0 heterocycles. The van der Waals surface area contributed by atoms with Gasteiger partial charge in [-0.3, -0.25) is 0 Å². The van der Waals surface area contributed by atoms with Crippen molar-refractivity contribution in [3.63, 3.8) is 0 Å². The molecule has 1 saturated carbocycles. The highest BCUT2D eigenvalue weighted by molar-refractivity contribution is 5.33. The normalized spacial score (nSPS) is 27.0. The molecule has 1 aromatic rings. The first-order valence-electron chi connectivity index (χ1n) is 7.29. The number of rotatable bonds is 5. The van der Waals surface area contributed by atoms with Crippen molar-refractivity contribution in [1.82, 2.24) is 5.32 Å². The topological polar surface area (TPSA) is 30.5 Å². The van der Waals surface area contributed by atoms with Gasteiger partial charge in [0, 0.05) is 12.1 Å². The standard InChI is InChI=1S/C16H25NO2/c1-4-18-13-6-5-7-14(11-13)19-16-10-12(2)8-9-15(16)17-3/h5-7,11-12,15-17H,4,8-10H2,1-3H3. The first-order chi connectivity index (χ1) is 9.22. The van der Waals surface area contributed by atoms with E-state index in [4.69, 9.17) is 9.47 Å². The van der Waals surface area contributed by atoms with E-state index in [0.717, 1.165) is 23.8 Å². The molecule has 3 nitrogen and oxygen atoms in total. The van der Waals surface area contributed by atoms with E-state index >= 15 is 0 Å². The van der Waals surface area contributed by atoms with E-state index in [1.54, 1.807) is 0 Å². The lowest BCUT2D eigenvalue weighted by atomic mass is 9.85. The van der Waals surface area contributed by atoms with E-state index in [0.29, 0.717) is 12.6 Å². The third-order valence-corrected chi connectivity index (χ3v) is 3.83. The molecular weight excluding hydrogens is 238 g/mol. The second-order valence-corrected chi connectivity index (χ2v) is 5.38. The number of ether oxygens (including phenoxy) is 2. The first-order valence-corrected chi connectivity index (χ1v) is 7.29. The van der Waals surface area contributed by atoms with Gasteiger partial charge in [-0.15, -0.1) is 0 Å². The van der Waals surface area contributed by atoms with Gasteiger partial charge in [0.05, 0.1) is 6.61 Å². The van der Waals surface area contributed by atoms with Gasteiger partial charge in [0.2, 0.25) is 0 Å². The smallest absolute Gasteiger partial charge is 0.123 e. The van der Waals surface area contributed by atoms with Crippen LogP contribution in [0.2, 0.25) is 0 Å². The van der Waals surface area contributed by atoms with Crippen LogP contribution in [-0.2, 0) is 0 Å². The van der Waals surface area contributed by atoms with E-state index in [-0.39, 0.29) is 6.10 Å². The molecule has 1 aliphatic rings. The minimum Gasteiger partial charge on any atom is -0.494 e. The van der Waals surface area contributed by atoms with Gasteiger partial charge >= 0.3 is 0 Å². The lowest BCUT2D eigenvalue weighted by Gasteiger charge is -2.34. The molecule has 0 bridgehead atoms. The number of hydrogen-bond donors (Lipinski definition) is 1. The summed E-state index contributed by atoms with van der Waals surface area (Å²) in [6.45, 7) is 4.98. The van der Waals surface area contributed by atoms with Crippen molar-refractivity contribution in [3.8, 4) is 11.5 Å². The fourth-order valence-corrected chi connectivity index (χ4v) is 2.77. The molecule has 0 spiro atoms. The highest BCUT2D eigenvalue weighted by Crippen LogP contribution is 2.29. The summed E-state index contributed by atoms with van der Waals surface area (Å²) in [5, 5.41) is 3.38. The second-order valence-electron chi connectivity index (χ2n) is 5.38. The van der Waals surface area contributed by atoms with Crippen LogP contribution in [0, 0.1) is 5.92 Å². The van der Waals surface area contributed by atoms with Crippen LogP contribution in [0.1, 0.15) is 33.1 Å². The van der Waals surface area contributed by atoms with Crippen LogP contribution < -0.4 is 14.8 Å². The van der Waals surface area contributed by atoms with Crippen molar-refractivity contribution < 1.29 is 9.47 Å². The Morgan fingerprint density at radius 3 is 2.79 bits per heavy atom. The molecule has 0 aliphatic heterocycles. The SMILES string of the molecule is CCOc1cccc(OC2CC(C)CCC2NC)c1. The molecule has 1 fully saturated rings. The Labute approximate surface area is 116 Å². The molecule has 1 N–H and O–H groups in total. The summed E-state index contributed by atoms with van der Waals surface area (Å²) in [6.07, 6.45) is 3.84. The highest BCUT2D eigenvalue weighted by Gasteiger charge is 2.29. The molecule has 19 heavy (non-hydrogen) atoms. The van der Waals surface area contributed by atoms with Crippen molar-refractivity contribution in [2.24, 2.45) is 5.92 Å². The maximum atomic E-state index is 6.17. The summed E-state index contributed by atoms with van der Waals surface area (Å²) in [7, 11) is 2.02. The van der Waals surface area contributed by atoms with Gasteiger partial charge < -0.3 is 14.8 Å². The zero-order chi connectivity index (χ0) is 13.7. The van der Waals surface area contributed by atoms with Gasteiger partial charge in [0.25, 0.3) is 0 Å². The van der Waals surface area contributed by atoms with Crippen molar-refractivity contribution in [2.45, 2.75) is 45.3 Å². The summed E-state index contributed by atoms with van der Waals surface area (Å²) in [4.78, 5) is 0. The Morgan fingerprint density at radius 1 is 1.26 bits per heavy atom. The predicted octanol–water partition coefficient (Wildman–Crippen LogP) is 3.24.